The Hall–Kier alpha value is -1.00. The molecule has 1 unspecified atom stereocenters. The number of hydrogen-bond acceptors (Lipinski definition) is 4. The monoisotopic (exact) mass is 225 g/mol. The summed E-state index contributed by atoms with van der Waals surface area (Å²) in [5, 5.41) is 0. The van der Waals surface area contributed by atoms with Crippen molar-refractivity contribution in [2.75, 3.05) is 0 Å². The topological polar surface area (TPSA) is 52.3 Å². The molecule has 0 fully saturated rings. The van der Waals surface area contributed by atoms with Gasteiger partial charge in [-0.3, -0.25) is 0 Å². The average Bonchev–Trinajstić information content (AvgIpc) is 2.16. The minimum Gasteiger partial charge on any atom is -0.425 e. The summed E-state index contributed by atoms with van der Waals surface area (Å²) < 4.78 is 4.50. The Morgan fingerprint density at radius 1 is 1.40 bits per heavy atom. The molecule has 15 heavy (non-hydrogen) atoms. The van der Waals surface area contributed by atoms with Gasteiger partial charge in [-0.05, 0) is 26.0 Å². The molecule has 1 aromatic carbocycles. The van der Waals surface area contributed by atoms with Crippen LogP contribution in [-0.4, -0.2) is 16.8 Å². The van der Waals surface area contributed by atoms with E-state index in [0.29, 0.717) is 5.75 Å². The number of carbonyl (C=O) groups is 1. The van der Waals surface area contributed by atoms with Crippen LogP contribution < -0.4 is 10.5 Å². The Kier molecular flexibility index (Phi) is 3.77. The quantitative estimate of drug-likeness (QED) is 0.467. The molecule has 0 aliphatic rings. The number of para-hydroxylation sites is 1. The summed E-state index contributed by atoms with van der Waals surface area (Å²) in [6.07, 6.45) is 0. The van der Waals surface area contributed by atoms with Crippen molar-refractivity contribution in [2.24, 2.45) is 5.73 Å². The molecule has 0 bridgehead atoms. The van der Waals surface area contributed by atoms with Gasteiger partial charge in [-0.25, -0.2) is 4.79 Å². The van der Waals surface area contributed by atoms with Crippen molar-refractivity contribution in [2.45, 2.75) is 24.6 Å². The Morgan fingerprint density at radius 3 is 2.40 bits per heavy atom. The zero-order valence-electron chi connectivity index (χ0n) is 8.81. The predicted octanol–water partition coefficient (Wildman–Crippen LogP) is 1.63. The number of thiol groups is 1. The second-order valence-electron chi connectivity index (χ2n) is 3.87. The van der Waals surface area contributed by atoms with Gasteiger partial charge in [0.15, 0.2) is 0 Å². The number of rotatable bonds is 3. The van der Waals surface area contributed by atoms with E-state index in [2.05, 4.69) is 12.6 Å². The number of ether oxygens (including phenoxy) is 1. The van der Waals surface area contributed by atoms with Crippen LogP contribution in [0.2, 0.25) is 0 Å². The Labute approximate surface area is 95.0 Å². The molecule has 0 aromatic heterocycles. The van der Waals surface area contributed by atoms with Gasteiger partial charge in [0, 0.05) is 4.75 Å². The zero-order valence-corrected chi connectivity index (χ0v) is 9.70. The molecule has 0 radical (unpaired) electrons. The summed E-state index contributed by atoms with van der Waals surface area (Å²) in [5.41, 5.74) is 5.69. The lowest BCUT2D eigenvalue weighted by atomic mass is 10.0. The first-order valence-electron chi connectivity index (χ1n) is 4.66. The summed E-state index contributed by atoms with van der Waals surface area (Å²) in [7, 11) is 0. The van der Waals surface area contributed by atoms with Crippen molar-refractivity contribution in [3.63, 3.8) is 0 Å². The summed E-state index contributed by atoms with van der Waals surface area (Å²) >= 11 is 4.23. The van der Waals surface area contributed by atoms with Crippen LogP contribution in [0.3, 0.4) is 0 Å². The van der Waals surface area contributed by atoms with Gasteiger partial charge in [0.25, 0.3) is 0 Å². The summed E-state index contributed by atoms with van der Waals surface area (Å²) in [6, 6.07) is 8.09. The van der Waals surface area contributed by atoms with Gasteiger partial charge in [-0.15, -0.1) is 0 Å². The van der Waals surface area contributed by atoms with E-state index in [1.54, 1.807) is 38.1 Å². The van der Waals surface area contributed by atoms with Gasteiger partial charge in [-0.2, -0.15) is 12.6 Å². The highest BCUT2D eigenvalue weighted by Crippen LogP contribution is 2.18. The molecule has 0 saturated carbocycles. The molecule has 0 aliphatic heterocycles. The highest BCUT2D eigenvalue weighted by Gasteiger charge is 2.30. The molecule has 3 nitrogen and oxygen atoms in total. The third kappa shape index (κ3) is 3.57. The second-order valence-corrected chi connectivity index (χ2v) is 5.02. The van der Waals surface area contributed by atoms with Crippen LogP contribution in [0.15, 0.2) is 30.3 Å². The smallest absolute Gasteiger partial charge is 0.329 e. The third-order valence-electron chi connectivity index (χ3n) is 1.98. The second kappa shape index (κ2) is 4.68. The third-order valence-corrected chi connectivity index (χ3v) is 2.25. The fourth-order valence-electron chi connectivity index (χ4n) is 0.957. The Balaban J connectivity index is 2.65. The first-order chi connectivity index (χ1) is 6.91. The first-order valence-corrected chi connectivity index (χ1v) is 5.10. The van der Waals surface area contributed by atoms with Gasteiger partial charge in [0.05, 0.1) is 0 Å². The molecule has 82 valence electrons. The van der Waals surface area contributed by atoms with Crippen molar-refractivity contribution in [3.05, 3.63) is 30.3 Å². The van der Waals surface area contributed by atoms with E-state index < -0.39 is 16.8 Å². The normalized spacial score (nSPS) is 13.3. The minimum absolute atomic E-state index is 0.471. The molecular formula is C11H15NO2S. The van der Waals surface area contributed by atoms with Crippen LogP contribution >= 0.6 is 12.6 Å². The lowest BCUT2D eigenvalue weighted by Crippen LogP contribution is -2.47. The molecule has 0 amide bonds. The largest absolute Gasteiger partial charge is 0.425 e. The van der Waals surface area contributed by atoms with Crippen molar-refractivity contribution in [3.8, 4) is 5.75 Å². The van der Waals surface area contributed by atoms with E-state index in [0.717, 1.165) is 0 Å². The van der Waals surface area contributed by atoms with Gasteiger partial charge >= 0.3 is 5.97 Å². The highest BCUT2D eigenvalue weighted by atomic mass is 32.1. The highest BCUT2D eigenvalue weighted by molar-refractivity contribution is 7.81. The maximum Gasteiger partial charge on any atom is 0.329 e. The fraction of sp³-hybridized carbons (Fsp3) is 0.364. The minimum atomic E-state index is -0.749. The molecule has 0 spiro atoms. The van der Waals surface area contributed by atoms with Gasteiger partial charge in [0.1, 0.15) is 11.8 Å². The molecule has 1 aromatic rings. The van der Waals surface area contributed by atoms with E-state index in [4.69, 9.17) is 10.5 Å². The fourth-order valence-corrected chi connectivity index (χ4v) is 1.06. The van der Waals surface area contributed by atoms with E-state index in [1.165, 1.54) is 0 Å². The maximum absolute atomic E-state index is 11.6. The van der Waals surface area contributed by atoms with Gasteiger partial charge < -0.3 is 10.5 Å². The Morgan fingerprint density at radius 2 is 1.93 bits per heavy atom. The molecular weight excluding hydrogens is 210 g/mol. The maximum atomic E-state index is 11.6. The van der Waals surface area contributed by atoms with E-state index in [-0.39, 0.29) is 0 Å². The number of hydrogen-bond donors (Lipinski definition) is 2. The van der Waals surface area contributed by atoms with Crippen molar-refractivity contribution in [1.82, 2.24) is 0 Å². The zero-order chi connectivity index (χ0) is 11.5. The Bertz CT molecular complexity index is 332. The standard InChI is InChI=1S/C11H15NO2S/c1-11(2,15)9(12)10(13)14-8-6-4-3-5-7-8/h3-7,9,15H,12H2,1-2H3. The van der Waals surface area contributed by atoms with Crippen molar-refractivity contribution >= 4 is 18.6 Å². The van der Waals surface area contributed by atoms with Crippen LogP contribution in [0.5, 0.6) is 5.75 Å². The lowest BCUT2D eigenvalue weighted by molar-refractivity contribution is -0.136. The van der Waals surface area contributed by atoms with E-state index in [1.807, 2.05) is 6.07 Å². The van der Waals surface area contributed by atoms with Crippen LogP contribution in [0.25, 0.3) is 0 Å². The van der Waals surface area contributed by atoms with Gasteiger partial charge in [0.2, 0.25) is 0 Å². The lowest BCUT2D eigenvalue weighted by Gasteiger charge is -2.23. The SMILES string of the molecule is CC(C)(S)C(N)C(=O)Oc1ccccc1. The molecule has 2 N–H and O–H groups in total. The molecule has 0 aliphatic carbocycles. The molecule has 4 heteroatoms. The van der Waals surface area contributed by atoms with Gasteiger partial charge in [-0.1, -0.05) is 18.2 Å². The van der Waals surface area contributed by atoms with Crippen LogP contribution in [0, 0.1) is 0 Å². The number of esters is 1. The summed E-state index contributed by atoms with van der Waals surface area (Å²) in [5.74, 6) is 0.0248. The molecule has 1 atom stereocenters. The molecule has 1 rings (SSSR count). The van der Waals surface area contributed by atoms with Crippen LogP contribution in [-0.2, 0) is 4.79 Å². The van der Waals surface area contributed by atoms with Crippen LogP contribution in [0.4, 0.5) is 0 Å². The van der Waals surface area contributed by atoms with Crippen molar-refractivity contribution < 1.29 is 9.53 Å². The average molecular weight is 225 g/mol. The summed E-state index contributed by atoms with van der Waals surface area (Å²) in [6.45, 7) is 3.54. The van der Waals surface area contributed by atoms with Crippen LogP contribution in [0.1, 0.15) is 13.8 Å². The molecule has 0 saturated heterocycles. The van der Waals surface area contributed by atoms with E-state index in [9.17, 15) is 4.79 Å². The van der Waals surface area contributed by atoms with E-state index >= 15 is 0 Å². The summed E-state index contributed by atoms with van der Waals surface area (Å²) in [4.78, 5) is 11.6. The predicted molar refractivity (Wildman–Crippen MR) is 63.1 cm³/mol. The van der Waals surface area contributed by atoms with Crippen molar-refractivity contribution in [1.29, 1.82) is 0 Å². The first kappa shape index (κ1) is 12.1. The number of benzene rings is 1. The number of carbonyl (C=O) groups excluding carboxylic acids is 1. The molecule has 0 heterocycles. The number of nitrogens with two attached hydrogens (primary N) is 1.